The molecule has 0 aliphatic carbocycles. The first-order valence-electron chi connectivity index (χ1n) is 11.2. The first kappa shape index (κ1) is 21.2. The van der Waals surface area contributed by atoms with Crippen LogP contribution in [0.2, 0.25) is 5.02 Å². The molecule has 1 fully saturated rings. The molecule has 1 aromatic heterocycles. The van der Waals surface area contributed by atoms with Crippen LogP contribution in [0.4, 0.5) is 0 Å². The third kappa shape index (κ3) is 4.44. The fourth-order valence-corrected chi connectivity index (χ4v) is 4.80. The summed E-state index contributed by atoms with van der Waals surface area (Å²) in [7, 11) is 0. The maximum atomic E-state index is 11.1. The van der Waals surface area contributed by atoms with Gasteiger partial charge >= 0.3 is 0 Å². The van der Waals surface area contributed by atoms with Crippen molar-refractivity contribution in [3.8, 4) is 11.6 Å². The number of nitrogens with zero attached hydrogens (tertiary/aromatic N) is 2. The lowest BCUT2D eigenvalue weighted by Gasteiger charge is -2.38. The lowest BCUT2D eigenvalue weighted by Crippen LogP contribution is -2.42. The number of pyridine rings is 1. The van der Waals surface area contributed by atoms with Crippen LogP contribution in [0.25, 0.3) is 5.57 Å². The second-order valence-electron chi connectivity index (χ2n) is 8.64. The lowest BCUT2D eigenvalue weighted by atomic mass is 9.84. The van der Waals surface area contributed by atoms with Gasteiger partial charge in [0.2, 0.25) is 5.88 Å². The molecule has 1 N–H and O–H groups in total. The van der Waals surface area contributed by atoms with Crippen LogP contribution in [0.15, 0.2) is 72.9 Å². The van der Waals surface area contributed by atoms with Crippen molar-refractivity contribution in [2.75, 3.05) is 19.6 Å². The summed E-state index contributed by atoms with van der Waals surface area (Å²) in [5.41, 5.74) is 3.71. The van der Waals surface area contributed by atoms with E-state index in [1.54, 1.807) is 6.20 Å². The minimum absolute atomic E-state index is 0.676. The first-order valence-corrected chi connectivity index (χ1v) is 11.6. The molecule has 0 spiro atoms. The lowest BCUT2D eigenvalue weighted by molar-refractivity contribution is -0.0254. The quantitative estimate of drug-likeness (QED) is 0.546. The van der Waals surface area contributed by atoms with Gasteiger partial charge in [-0.2, -0.15) is 0 Å². The van der Waals surface area contributed by atoms with Crippen LogP contribution in [0.3, 0.4) is 0 Å². The number of halogens is 1. The minimum atomic E-state index is -0.757. The number of hydrogen-bond donors (Lipinski definition) is 1. The zero-order valence-electron chi connectivity index (χ0n) is 18.0. The molecule has 0 unspecified atom stereocenters. The standard InChI is InChI=1S/C27H27ClN2O2/c28-23-11-9-22(10-12-23)27(31)13-17-30(18-14-27)16-4-6-20-19-21-5-1-2-8-25(21)32-26-24(20)7-3-15-29-26/h1-3,5-12,15,31H,4,13-14,16-19H2. The molecule has 2 aliphatic heterocycles. The normalized spacial score (nSPS) is 19.0. The highest BCUT2D eigenvalue weighted by atomic mass is 35.5. The average molecular weight is 447 g/mol. The molecule has 0 atom stereocenters. The number of ether oxygens (including phenoxy) is 1. The van der Waals surface area contributed by atoms with Crippen LogP contribution < -0.4 is 4.74 Å². The van der Waals surface area contributed by atoms with Gasteiger partial charge in [0.1, 0.15) is 5.75 Å². The van der Waals surface area contributed by atoms with Gasteiger partial charge in [-0.1, -0.05) is 48.0 Å². The zero-order chi connectivity index (χ0) is 22.0. The maximum Gasteiger partial charge on any atom is 0.226 e. The molecule has 3 aromatic rings. The molecule has 2 aliphatic rings. The predicted octanol–water partition coefficient (Wildman–Crippen LogP) is 5.84. The van der Waals surface area contributed by atoms with Crippen molar-refractivity contribution >= 4 is 17.2 Å². The van der Waals surface area contributed by atoms with Crippen molar-refractivity contribution in [2.24, 2.45) is 0 Å². The summed E-state index contributed by atoms with van der Waals surface area (Å²) in [6, 6.07) is 19.8. The van der Waals surface area contributed by atoms with Gasteiger partial charge in [-0.25, -0.2) is 4.98 Å². The molecular weight excluding hydrogens is 420 g/mol. The molecule has 1 saturated heterocycles. The van der Waals surface area contributed by atoms with Crippen molar-refractivity contribution in [3.63, 3.8) is 0 Å². The van der Waals surface area contributed by atoms with Gasteiger partial charge in [0.25, 0.3) is 0 Å². The van der Waals surface area contributed by atoms with Crippen LogP contribution in [0.5, 0.6) is 11.6 Å². The van der Waals surface area contributed by atoms with Crippen molar-refractivity contribution in [2.45, 2.75) is 31.3 Å². The number of aliphatic hydroxyl groups is 1. The van der Waals surface area contributed by atoms with E-state index in [2.05, 4.69) is 34.2 Å². The Balaban J connectivity index is 1.25. The predicted molar refractivity (Wildman–Crippen MR) is 128 cm³/mol. The summed E-state index contributed by atoms with van der Waals surface area (Å²) < 4.78 is 6.10. The molecule has 164 valence electrons. The number of rotatable bonds is 4. The monoisotopic (exact) mass is 446 g/mol. The second kappa shape index (κ2) is 9.07. The smallest absolute Gasteiger partial charge is 0.226 e. The van der Waals surface area contributed by atoms with E-state index in [4.69, 9.17) is 16.3 Å². The van der Waals surface area contributed by atoms with Crippen LogP contribution >= 0.6 is 11.6 Å². The number of aromatic nitrogens is 1. The van der Waals surface area contributed by atoms with Crippen LogP contribution in [-0.4, -0.2) is 34.6 Å². The minimum Gasteiger partial charge on any atom is -0.438 e. The van der Waals surface area contributed by atoms with Gasteiger partial charge in [0.05, 0.1) is 5.60 Å². The van der Waals surface area contributed by atoms with Crippen molar-refractivity contribution in [3.05, 3.63) is 94.6 Å². The molecule has 0 radical (unpaired) electrons. The Hall–Kier alpha value is -2.66. The van der Waals surface area contributed by atoms with E-state index in [1.165, 1.54) is 11.1 Å². The van der Waals surface area contributed by atoms with Crippen molar-refractivity contribution < 1.29 is 9.84 Å². The summed E-state index contributed by atoms with van der Waals surface area (Å²) in [6.07, 6.45) is 7.36. The van der Waals surface area contributed by atoms with Gasteiger partial charge in [-0.15, -0.1) is 0 Å². The SMILES string of the molecule is OC1(c2ccc(Cl)cc2)CCN(CCC=C2Cc3ccccc3Oc3ncccc32)CC1. The average Bonchev–Trinajstić information content (AvgIpc) is 2.97. The summed E-state index contributed by atoms with van der Waals surface area (Å²) in [5, 5.41) is 11.8. The highest BCUT2D eigenvalue weighted by Gasteiger charge is 2.33. The van der Waals surface area contributed by atoms with Gasteiger partial charge < -0.3 is 14.7 Å². The van der Waals surface area contributed by atoms with Gasteiger partial charge in [-0.3, -0.25) is 0 Å². The zero-order valence-corrected chi connectivity index (χ0v) is 18.8. The van der Waals surface area contributed by atoms with Crippen LogP contribution in [0.1, 0.15) is 36.0 Å². The van der Waals surface area contributed by atoms with Crippen molar-refractivity contribution in [1.82, 2.24) is 9.88 Å². The second-order valence-corrected chi connectivity index (χ2v) is 9.08. The number of likely N-dealkylation sites (tertiary alicyclic amines) is 1. The fourth-order valence-electron chi connectivity index (χ4n) is 4.67. The molecule has 4 nitrogen and oxygen atoms in total. The molecule has 5 rings (SSSR count). The maximum absolute atomic E-state index is 11.1. The Bertz CT molecular complexity index is 1120. The molecule has 5 heteroatoms. The highest BCUT2D eigenvalue weighted by molar-refractivity contribution is 6.30. The Kier molecular flexibility index (Phi) is 6.01. The highest BCUT2D eigenvalue weighted by Crippen LogP contribution is 2.38. The molecular formula is C27H27ClN2O2. The van der Waals surface area contributed by atoms with E-state index >= 15 is 0 Å². The van der Waals surface area contributed by atoms with E-state index in [1.807, 2.05) is 42.5 Å². The van der Waals surface area contributed by atoms with Gasteiger partial charge in [-0.05, 0) is 66.3 Å². The fraction of sp³-hybridized carbons (Fsp3) is 0.296. The number of fused-ring (bicyclic) bond motifs is 2. The molecule has 0 saturated carbocycles. The molecule has 3 heterocycles. The Labute approximate surface area is 194 Å². The number of benzene rings is 2. The Morgan fingerprint density at radius 3 is 2.62 bits per heavy atom. The number of allylic oxidation sites excluding steroid dienone is 1. The molecule has 2 aromatic carbocycles. The van der Waals surface area contributed by atoms with Gasteiger partial charge in [0.15, 0.2) is 0 Å². The topological polar surface area (TPSA) is 45.6 Å². The summed E-state index contributed by atoms with van der Waals surface area (Å²) in [4.78, 5) is 6.90. The van der Waals surface area contributed by atoms with Crippen molar-refractivity contribution in [1.29, 1.82) is 0 Å². The third-order valence-electron chi connectivity index (χ3n) is 6.58. The number of hydrogen-bond acceptors (Lipinski definition) is 4. The van der Waals surface area contributed by atoms with E-state index in [-0.39, 0.29) is 0 Å². The van der Waals surface area contributed by atoms with E-state index in [0.717, 1.165) is 62.2 Å². The van der Waals surface area contributed by atoms with Gasteiger partial charge in [0, 0.05) is 42.8 Å². The molecule has 0 amide bonds. The first-order chi connectivity index (χ1) is 15.6. The number of para-hydroxylation sites is 1. The number of piperidine rings is 1. The summed E-state index contributed by atoms with van der Waals surface area (Å²) in [6.45, 7) is 2.73. The van der Waals surface area contributed by atoms with Crippen LogP contribution in [-0.2, 0) is 12.0 Å². The summed E-state index contributed by atoms with van der Waals surface area (Å²) in [5.74, 6) is 1.56. The Morgan fingerprint density at radius 1 is 1.03 bits per heavy atom. The van der Waals surface area contributed by atoms with E-state index in [0.29, 0.717) is 10.9 Å². The van der Waals surface area contributed by atoms with E-state index < -0.39 is 5.60 Å². The molecule has 0 bridgehead atoms. The summed E-state index contributed by atoms with van der Waals surface area (Å²) >= 11 is 6.00. The van der Waals surface area contributed by atoms with Crippen LogP contribution in [0, 0.1) is 0 Å². The third-order valence-corrected chi connectivity index (χ3v) is 6.83. The largest absolute Gasteiger partial charge is 0.438 e. The Morgan fingerprint density at radius 2 is 1.81 bits per heavy atom. The molecule has 32 heavy (non-hydrogen) atoms. The van der Waals surface area contributed by atoms with E-state index in [9.17, 15) is 5.11 Å².